The van der Waals surface area contributed by atoms with Gasteiger partial charge in [0.05, 0.1) is 15.2 Å². The Morgan fingerprint density at radius 3 is 2.45 bits per heavy atom. The number of nitrogens with one attached hydrogen (secondary N) is 1. The monoisotopic (exact) mass is 319 g/mol. The summed E-state index contributed by atoms with van der Waals surface area (Å²) in [6.07, 6.45) is 0. The number of hydrogen-bond donors (Lipinski definition) is 1. The van der Waals surface area contributed by atoms with E-state index >= 15 is 0 Å². The fraction of sp³-hybridized carbons (Fsp3) is 0. The number of sulfonamides is 1. The van der Waals surface area contributed by atoms with E-state index in [9.17, 15) is 18.5 Å². The number of benzene rings is 2. The van der Waals surface area contributed by atoms with Crippen LogP contribution in [-0.4, -0.2) is 18.5 Å². The van der Waals surface area contributed by atoms with Crippen LogP contribution in [0.5, 0.6) is 0 Å². The van der Waals surface area contributed by atoms with E-state index in [0.717, 1.165) is 24.3 Å². The predicted octanol–water partition coefficient (Wildman–Crippen LogP) is 2.54. The molecule has 0 unspecified atom stereocenters. The molecule has 0 aliphatic heterocycles. The summed E-state index contributed by atoms with van der Waals surface area (Å²) in [6.45, 7) is 0. The van der Waals surface area contributed by atoms with Crippen molar-refractivity contribution in [3.63, 3.8) is 0 Å². The molecule has 9 heteroatoms. The van der Waals surface area contributed by atoms with Gasteiger partial charge in [0.15, 0.2) is 11.4 Å². The SMILES string of the molecule is O=[N+]([O-])c1ccc(S(=O)(=O)Nc2noc3ccccc23)cc1. The van der Waals surface area contributed by atoms with Crippen molar-refractivity contribution < 1.29 is 17.9 Å². The third kappa shape index (κ3) is 2.49. The van der Waals surface area contributed by atoms with Gasteiger partial charge in [-0.25, -0.2) is 8.42 Å². The molecule has 112 valence electrons. The Morgan fingerprint density at radius 1 is 1.09 bits per heavy atom. The topological polar surface area (TPSA) is 115 Å². The molecule has 0 aliphatic rings. The Morgan fingerprint density at radius 2 is 1.77 bits per heavy atom. The number of anilines is 1. The van der Waals surface area contributed by atoms with Crippen LogP contribution in [0, 0.1) is 10.1 Å². The summed E-state index contributed by atoms with van der Waals surface area (Å²) in [5, 5.41) is 14.8. The van der Waals surface area contributed by atoms with Crippen LogP contribution >= 0.6 is 0 Å². The largest absolute Gasteiger partial charge is 0.354 e. The average Bonchev–Trinajstić information content (AvgIpc) is 2.90. The van der Waals surface area contributed by atoms with Crippen LogP contribution in [-0.2, 0) is 10.0 Å². The van der Waals surface area contributed by atoms with Crippen molar-refractivity contribution in [3.8, 4) is 0 Å². The number of nitro groups is 1. The molecule has 0 radical (unpaired) electrons. The second kappa shape index (κ2) is 5.11. The molecular weight excluding hydrogens is 310 g/mol. The van der Waals surface area contributed by atoms with Gasteiger partial charge >= 0.3 is 0 Å². The maximum atomic E-state index is 12.3. The molecule has 1 heterocycles. The van der Waals surface area contributed by atoms with Gasteiger partial charge in [-0.2, -0.15) is 0 Å². The minimum atomic E-state index is -3.91. The van der Waals surface area contributed by atoms with E-state index in [0.29, 0.717) is 11.0 Å². The molecule has 0 saturated carbocycles. The number of aromatic nitrogens is 1. The molecule has 0 fully saturated rings. The van der Waals surface area contributed by atoms with Gasteiger partial charge < -0.3 is 4.52 Å². The van der Waals surface area contributed by atoms with Crippen LogP contribution in [0.15, 0.2) is 57.9 Å². The highest BCUT2D eigenvalue weighted by Gasteiger charge is 2.19. The van der Waals surface area contributed by atoms with Crippen LogP contribution in [0.1, 0.15) is 0 Å². The van der Waals surface area contributed by atoms with E-state index in [4.69, 9.17) is 4.52 Å². The number of nitro benzene ring substituents is 1. The Bertz CT molecular complexity index is 947. The minimum Gasteiger partial charge on any atom is -0.354 e. The zero-order chi connectivity index (χ0) is 15.7. The fourth-order valence-corrected chi connectivity index (χ4v) is 2.91. The average molecular weight is 319 g/mol. The smallest absolute Gasteiger partial charge is 0.269 e. The zero-order valence-corrected chi connectivity index (χ0v) is 11.8. The van der Waals surface area contributed by atoms with Crippen molar-refractivity contribution >= 4 is 32.5 Å². The lowest BCUT2D eigenvalue weighted by molar-refractivity contribution is -0.384. The second-order valence-corrected chi connectivity index (χ2v) is 6.07. The maximum Gasteiger partial charge on any atom is 0.269 e. The van der Waals surface area contributed by atoms with E-state index in [1.54, 1.807) is 24.3 Å². The summed E-state index contributed by atoms with van der Waals surface area (Å²) in [5.74, 6) is 0.0638. The van der Waals surface area contributed by atoms with Gasteiger partial charge in [-0.1, -0.05) is 17.3 Å². The molecule has 0 spiro atoms. The molecule has 0 atom stereocenters. The van der Waals surface area contributed by atoms with Crippen molar-refractivity contribution in [2.45, 2.75) is 4.90 Å². The van der Waals surface area contributed by atoms with Gasteiger partial charge in [0.25, 0.3) is 15.7 Å². The zero-order valence-electron chi connectivity index (χ0n) is 11.0. The third-order valence-electron chi connectivity index (χ3n) is 2.97. The fourth-order valence-electron chi connectivity index (χ4n) is 1.89. The number of para-hydroxylation sites is 1. The highest BCUT2D eigenvalue weighted by atomic mass is 32.2. The van der Waals surface area contributed by atoms with Gasteiger partial charge in [0.2, 0.25) is 0 Å². The van der Waals surface area contributed by atoms with Crippen LogP contribution < -0.4 is 4.72 Å². The summed E-state index contributed by atoms with van der Waals surface area (Å²) in [7, 11) is -3.91. The van der Waals surface area contributed by atoms with E-state index in [1.165, 1.54) is 0 Å². The lowest BCUT2D eigenvalue weighted by Gasteiger charge is -2.05. The molecular formula is C13H9N3O5S. The summed E-state index contributed by atoms with van der Waals surface area (Å²) < 4.78 is 31.8. The van der Waals surface area contributed by atoms with Crippen molar-refractivity contribution in [3.05, 3.63) is 58.6 Å². The number of non-ortho nitro benzene ring substituents is 1. The second-order valence-electron chi connectivity index (χ2n) is 4.38. The first-order chi connectivity index (χ1) is 10.5. The molecule has 0 saturated heterocycles. The molecule has 0 amide bonds. The quantitative estimate of drug-likeness (QED) is 0.583. The number of nitrogens with zero attached hydrogens (tertiary/aromatic N) is 2. The summed E-state index contributed by atoms with van der Waals surface area (Å²) in [5.41, 5.74) is 0.259. The summed E-state index contributed by atoms with van der Waals surface area (Å²) in [4.78, 5) is 9.87. The minimum absolute atomic E-state index is 0.0638. The Kier molecular flexibility index (Phi) is 3.26. The van der Waals surface area contributed by atoms with E-state index in [-0.39, 0.29) is 16.4 Å². The normalized spacial score (nSPS) is 11.5. The van der Waals surface area contributed by atoms with Crippen molar-refractivity contribution in [1.29, 1.82) is 0 Å². The number of rotatable bonds is 4. The van der Waals surface area contributed by atoms with Gasteiger partial charge in [0.1, 0.15) is 0 Å². The predicted molar refractivity (Wildman–Crippen MR) is 77.9 cm³/mol. The van der Waals surface area contributed by atoms with E-state index < -0.39 is 14.9 Å². The van der Waals surface area contributed by atoms with Crippen LogP contribution in [0.2, 0.25) is 0 Å². The van der Waals surface area contributed by atoms with Crippen molar-refractivity contribution in [2.75, 3.05) is 4.72 Å². The van der Waals surface area contributed by atoms with E-state index in [1.807, 2.05) is 0 Å². The Balaban J connectivity index is 1.95. The van der Waals surface area contributed by atoms with Crippen LogP contribution in [0.4, 0.5) is 11.5 Å². The third-order valence-corrected chi connectivity index (χ3v) is 4.32. The highest BCUT2D eigenvalue weighted by molar-refractivity contribution is 7.92. The molecule has 1 aromatic heterocycles. The summed E-state index contributed by atoms with van der Waals surface area (Å²) in [6, 6.07) is 11.3. The standard InChI is InChI=1S/C13H9N3O5S/c17-16(18)9-5-7-10(8-6-9)22(19,20)15-13-11-3-1-2-4-12(11)21-14-13/h1-8H,(H,14,15). The molecule has 8 nitrogen and oxygen atoms in total. The number of hydrogen-bond acceptors (Lipinski definition) is 6. The van der Waals surface area contributed by atoms with Gasteiger partial charge in [-0.3, -0.25) is 14.8 Å². The Labute approximate surface area is 124 Å². The molecule has 22 heavy (non-hydrogen) atoms. The first-order valence-electron chi connectivity index (χ1n) is 6.09. The maximum absolute atomic E-state index is 12.3. The van der Waals surface area contributed by atoms with Gasteiger partial charge in [0, 0.05) is 12.1 Å². The molecule has 0 aliphatic carbocycles. The lowest BCUT2D eigenvalue weighted by atomic mass is 10.2. The molecule has 0 bridgehead atoms. The van der Waals surface area contributed by atoms with Crippen LogP contribution in [0.25, 0.3) is 11.0 Å². The van der Waals surface area contributed by atoms with Gasteiger partial charge in [-0.15, -0.1) is 0 Å². The summed E-state index contributed by atoms with van der Waals surface area (Å²) >= 11 is 0. The first kappa shape index (κ1) is 14.0. The van der Waals surface area contributed by atoms with Gasteiger partial charge in [-0.05, 0) is 24.3 Å². The Hall–Kier alpha value is -2.94. The van der Waals surface area contributed by atoms with Crippen molar-refractivity contribution in [2.24, 2.45) is 0 Å². The molecule has 1 N–H and O–H groups in total. The highest BCUT2D eigenvalue weighted by Crippen LogP contribution is 2.25. The lowest BCUT2D eigenvalue weighted by Crippen LogP contribution is -2.13. The molecule has 3 aromatic rings. The molecule has 2 aromatic carbocycles. The first-order valence-corrected chi connectivity index (χ1v) is 7.57. The number of fused-ring (bicyclic) bond motifs is 1. The van der Waals surface area contributed by atoms with Crippen LogP contribution in [0.3, 0.4) is 0 Å². The molecule has 3 rings (SSSR count). The van der Waals surface area contributed by atoms with E-state index in [2.05, 4.69) is 9.88 Å². The van der Waals surface area contributed by atoms with Crippen molar-refractivity contribution in [1.82, 2.24) is 5.16 Å².